The number of carbonyl (C=O) groups is 2. The number of hydrogen-bond acceptors (Lipinski definition) is 3. The van der Waals surface area contributed by atoms with Crippen molar-refractivity contribution in [2.24, 2.45) is 5.92 Å². The SMILES string of the molecule is Cc1cc(C(=O)NC2(C(=O)O)CCC(C)CC2)nn1-c1ccccc1. The van der Waals surface area contributed by atoms with E-state index in [1.807, 2.05) is 37.3 Å². The molecule has 1 aromatic carbocycles. The number of carbonyl (C=O) groups excluding carboxylic acids is 1. The van der Waals surface area contributed by atoms with E-state index in [2.05, 4.69) is 17.3 Å². The molecule has 1 amide bonds. The van der Waals surface area contributed by atoms with Crippen molar-refractivity contribution in [2.45, 2.75) is 45.1 Å². The van der Waals surface area contributed by atoms with Gasteiger partial charge in [0, 0.05) is 5.69 Å². The van der Waals surface area contributed by atoms with Crippen LogP contribution in [0.2, 0.25) is 0 Å². The number of aromatic nitrogens is 2. The molecule has 132 valence electrons. The smallest absolute Gasteiger partial charge is 0.329 e. The number of aryl methyl sites for hydroxylation is 1. The first-order valence-corrected chi connectivity index (χ1v) is 8.59. The molecule has 1 aromatic heterocycles. The second kappa shape index (κ2) is 6.70. The van der Waals surface area contributed by atoms with Crippen LogP contribution >= 0.6 is 0 Å². The number of hydrogen-bond donors (Lipinski definition) is 2. The summed E-state index contributed by atoms with van der Waals surface area (Å²) in [4.78, 5) is 24.5. The van der Waals surface area contributed by atoms with Gasteiger partial charge in [-0.3, -0.25) is 4.79 Å². The number of carboxylic acids is 1. The minimum Gasteiger partial charge on any atom is -0.480 e. The number of nitrogens with one attached hydrogen (secondary N) is 1. The van der Waals surface area contributed by atoms with Gasteiger partial charge in [-0.25, -0.2) is 9.48 Å². The molecule has 1 heterocycles. The molecule has 0 radical (unpaired) electrons. The fourth-order valence-electron chi connectivity index (χ4n) is 3.34. The van der Waals surface area contributed by atoms with Crippen molar-refractivity contribution in [3.05, 3.63) is 47.8 Å². The van der Waals surface area contributed by atoms with Gasteiger partial charge in [0.1, 0.15) is 5.54 Å². The average molecular weight is 341 g/mol. The summed E-state index contributed by atoms with van der Waals surface area (Å²) >= 11 is 0. The second-order valence-electron chi connectivity index (χ2n) is 6.94. The molecule has 0 unspecified atom stereocenters. The van der Waals surface area contributed by atoms with E-state index in [1.54, 1.807) is 10.7 Å². The van der Waals surface area contributed by atoms with E-state index >= 15 is 0 Å². The van der Waals surface area contributed by atoms with Gasteiger partial charge in [-0.2, -0.15) is 5.10 Å². The van der Waals surface area contributed by atoms with Crippen LogP contribution < -0.4 is 5.32 Å². The first-order valence-electron chi connectivity index (χ1n) is 8.59. The molecule has 1 aliphatic carbocycles. The third kappa shape index (κ3) is 3.43. The number of benzene rings is 1. The maximum Gasteiger partial charge on any atom is 0.329 e. The number of carboxylic acid groups (broad SMARTS) is 1. The first-order chi connectivity index (χ1) is 11.9. The topological polar surface area (TPSA) is 84.2 Å². The minimum absolute atomic E-state index is 0.237. The van der Waals surface area contributed by atoms with E-state index < -0.39 is 17.4 Å². The standard InChI is InChI=1S/C19H23N3O3/c1-13-8-10-19(11-9-13,18(24)25)20-17(23)16-12-14(2)22(21-16)15-6-4-3-5-7-15/h3-7,12-13H,8-11H2,1-2H3,(H,20,23)(H,24,25). The lowest BCUT2D eigenvalue weighted by molar-refractivity contribution is -0.146. The van der Waals surface area contributed by atoms with Crippen molar-refractivity contribution in [3.63, 3.8) is 0 Å². The number of para-hydroxylation sites is 1. The zero-order chi connectivity index (χ0) is 18.0. The van der Waals surface area contributed by atoms with Crippen LogP contribution in [-0.2, 0) is 4.79 Å². The number of rotatable bonds is 4. The molecule has 2 aromatic rings. The summed E-state index contributed by atoms with van der Waals surface area (Å²) in [5, 5.41) is 16.8. The highest BCUT2D eigenvalue weighted by molar-refractivity contribution is 5.96. The maximum absolute atomic E-state index is 12.7. The molecule has 1 fully saturated rings. The molecule has 3 rings (SSSR count). The average Bonchev–Trinajstić information content (AvgIpc) is 3.00. The summed E-state index contributed by atoms with van der Waals surface area (Å²) in [5.41, 5.74) is 0.727. The lowest BCUT2D eigenvalue weighted by Crippen LogP contribution is -2.56. The van der Waals surface area contributed by atoms with Gasteiger partial charge < -0.3 is 10.4 Å². The van der Waals surface area contributed by atoms with Crippen LogP contribution in [0.4, 0.5) is 0 Å². The molecule has 6 nitrogen and oxygen atoms in total. The van der Waals surface area contributed by atoms with Gasteiger partial charge in [0.15, 0.2) is 5.69 Å². The number of nitrogens with zero attached hydrogens (tertiary/aromatic N) is 2. The van der Waals surface area contributed by atoms with Crippen LogP contribution in [0.1, 0.15) is 48.8 Å². The normalized spacial score (nSPS) is 23.2. The van der Waals surface area contributed by atoms with Gasteiger partial charge in [0.25, 0.3) is 5.91 Å². The Labute approximate surface area is 146 Å². The summed E-state index contributed by atoms with van der Waals surface area (Å²) in [6.45, 7) is 3.98. The molecule has 6 heteroatoms. The van der Waals surface area contributed by atoms with Crippen molar-refractivity contribution in [3.8, 4) is 5.69 Å². The van der Waals surface area contributed by atoms with Gasteiger partial charge in [-0.1, -0.05) is 25.1 Å². The summed E-state index contributed by atoms with van der Waals surface area (Å²) in [7, 11) is 0. The van der Waals surface area contributed by atoms with Crippen molar-refractivity contribution in [1.29, 1.82) is 0 Å². The summed E-state index contributed by atoms with van der Waals surface area (Å²) < 4.78 is 1.69. The summed E-state index contributed by atoms with van der Waals surface area (Å²) in [6.07, 6.45) is 2.50. The highest BCUT2D eigenvalue weighted by atomic mass is 16.4. The predicted molar refractivity (Wildman–Crippen MR) is 93.8 cm³/mol. The minimum atomic E-state index is -1.19. The Kier molecular flexibility index (Phi) is 4.61. The van der Waals surface area contributed by atoms with Gasteiger partial charge in [-0.05, 0) is 56.7 Å². The molecule has 0 aliphatic heterocycles. The fraction of sp³-hybridized carbons (Fsp3) is 0.421. The largest absolute Gasteiger partial charge is 0.480 e. The quantitative estimate of drug-likeness (QED) is 0.895. The highest BCUT2D eigenvalue weighted by Gasteiger charge is 2.43. The van der Waals surface area contributed by atoms with Gasteiger partial charge >= 0.3 is 5.97 Å². The first kappa shape index (κ1) is 17.2. The van der Waals surface area contributed by atoms with E-state index in [4.69, 9.17) is 0 Å². The lowest BCUT2D eigenvalue weighted by Gasteiger charge is -2.36. The zero-order valence-corrected chi connectivity index (χ0v) is 14.5. The molecule has 25 heavy (non-hydrogen) atoms. The Morgan fingerprint density at radius 3 is 2.48 bits per heavy atom. The van der Waals surface area contributed by atoms with Crippen LogP contribution in [0.3, 0.4) is 0 Å². The molecule has 0 atom stereocenters. The molecule has 1 saturated carbocycles. The Hall–Kier alpha value is -2.63. The van der Waals surface area contributed by atoms with E-state index in [9.17, 15) is 14.7 Å². The van der Waals surface area contributed by atoms with Gasteiger partial charge in [-0.15, -0.1) is 0 Å². The highest BCUT2D eigenvalue weighted by Crippen LogP contribution is 2.32. The fourth-order valence-corrected chi connectivity index (χ4v) is 3.34. The molecular weight excluding hydrogens is 318 g/mol. The van der Waals surface area contributed by atoms with E-state index in [0.717, 1.165) is 24.2 Å². The maximum atomic E-state index is 12.7. The van der Waals surface area contributed by atoms with E-state index in [0.29, 0.717) is 18.8 Å². The van der Waals surface area contributed by atoms with Gasteiger partial charge in [0.2, 0.25) is 0 Å². The second-order valence-corrected chi connectivity index (χ2v) is 6.94. The van der Waals surface area contributed by atoms with Crippen LogP contribution in [0.25, 0.3) is 5.69 Å². The van der Waals surface area contributed by atoms with E-state index in [-0.39, 0.29) is 5.69 Å². The van der Waals surface area contributed by atoms with Crippen LogP contribution in [0.15, 0.2) is 36.4 Å². The number of aliphatic carboxylic acids is 1. The Morgan fingerprint density at radius 2 is 1.88 bits per heavy atom. The van der Waals surface area contributed by atoms with Crippen LogP contribution in [0, 0.1) is 12.8 Å². The van der Waals surface area contributed by atoms with E-state index in [1.165, 1.54) is 0 Å². The predicted octanol–water partition coefficient (Wildman–Crippen LogP) is 2.94. The van der Waals surface area contributed by atoms with Crippen molar-refractivity contribution in [2.75, 3.05) is 0 Å². The molecule has 1 aliphatic rings. The zero-order valence-electron chi connectivity index (χ0n) is 14.5. The van der Waals surface area contributed by atoms with Crippen LogP contribution in [0.5, 0.6) is 0 Å². The molecule has 2 N–H and O–H groups in total. The summed E-state index contributed by atoms with van der Waals surface area (Å²) in [5.74, 6) is -0.911. The summed E-state index contributed by atoms with van der Waals surface area (Å²) in [6, 6.07) is 11.2. The Morgan fingerprint density at radius 1 is 1.24 bits per heavy atom. The lowest BCUT2D eigenvalue weighted by atomic mass is 9.77. The van der Waals surface area contributed by atoms with Crippen molar-refractivity contribution in [1.82, 2.24) is 15.1 Å². The van der Waals surface area contributed by atoms with Gasteiger partial charge in [0.05, 0.1) is 5.69 Å². The Bertz CT molecular complexity index is 774. The Balaban J connectivity index is 1.83. The third-order valence-electron chi connectivity index (χ3n) is 5.01. The van der Waals surface area contributed by atoms with Crippen molar-refractivity contribution >= 4 is 11.9 Å². The molecule has 0 bridgehead atoms. The monoisotopic (exact) mass is 341 g/mol. The third-order valence-corrected chi connectivity index (χ3v) is 5.01. The molecule has 0 saturated heterocycles. The van der Waals surface area contributed by atoms with Crippen LogP contribution in [-0.4, -0.2) is 32.3 Å². The number of amides is 1. The molecule has 0 spiro atoms. The van der Waals surface area contributed by atoms with Crippen molar-refractivity contribution < 1.29 is 14.7 Å². The molecular formula is C19H23N3O3.